The summed E-state index contributed by atoms with van der Waals surface area (Å²) >= 11 is 0. The van der Waals surface area contributed by atoms with Crippen LogP contribution in [0.2, 0.25) is 0 Å². The number of aryl methyl sites for hydroxylation is 2. The van der Waals surface area contributed by atoms with E-state index in [1.165, 1.54) is 0 Å². The average molecular weight is 332 g/mol. The number of benzene rings is 2. The predicted molar refractivity (Wildman–Crippen MR) is 99.7 cm³/mol. The third-order valence-electron chi connectivity index (χ3n) is 3.66. The zero-order valence-electron chi connectivity index (χ0n) is 14.3. The summed E-state index contributed by atoms with van der Waals surface area (Å²) in [4.78, 5) is 21.2. The molecule has 3 aromatic rings. The summed E-state index contributed by atoms with van der Waals surface area (Å²) in [5.41, 5.74) is 4.03. The number of hydrogen-bond acceptors (Lipinski definition) is 4. The molecule has 1 amide bonds. The molecule has 25 heavy (non-hydrogen) atoms. The molecule has 1 heterocycles. The summed E-state index contributed by atoms with van der Waals surface area (Å²) < 4.78 is 0. The largest absolute Gasteiger partial charge is 0.350 e. The van der Waals surface area contributed by atoms with E-state index in [-0.39, 0.29) is 5.91 Å². The third kappa shape index (κ3) is 4.64. The minimum Gasteiger partial charge on any atom is -0.350 e. The number of amides is 1. The molecule has 0 spiro atoms. The normalized spacial score (nSPS) is 10.3. The van der Waals surface area contributed by atoms with Crippen LogP contribution in [0, 0.1) is 13.8 Å². The number of rotatable bonds is 5. The molecule has 0 radical (unpaired) electrons. The first-order valence-corrected chi connectivity index (χ1v) is 8.12. The van der Waals surface area contributed by atoms with E-state index >= 15 is 0 Å². The van der Waals surface area contributed by atoms with E-state index in [1.807, 2.05) is 68.4 Å². The van der Waals surface area contributed by atoms with Crippen molar-refractivity contribution in [2.75, 3.05) is 10.6 Å². The Labute approximate surface area is 147 Å². The highest BCUT2D eigenvalue weighted by Crippen LogP contribution is 2.13. The maximum Gasteiger partial charge on any atom is 0.274 e. The fourth-order valence-electron chi connectivity index (χ4n) is 2.46. The van der Waals surface area contributed by atoms with E-state index < -0.39 is 0 Å². The fraction of sp³-hybridized carbons (Fsp3) is 0.150. The van der Waals surface area contributed by atoms with E-state index in [0.717, 1.165) is 22.5 Å². The third-order valence-corrected chi connectivity index (χ3v) is 3.66. The van der Waals surface area contributed by atoms with Crippen LogP contribution in [0.1, 0.15) is 27.3 Å². The van der Waals surface area contributed by atoms with E-state index in [2.05, 4.69) is 20.6 Å². The van der Waals surface area contributed by atoms with Crippen LogP contribution in [0.15, 0.2) is 60.7 Å². The Kier molecular flexibility index (Phi) is 5.04. The predicted octanol–water partition coefficient (Wildman–Crippen LogP) is 3.96. The van der Waals surface area contributed by atoms with E-state index in [0.29, 0.717) is 18.2 Å². The van der Waals surface area contributed by atoms with Crippen LogP contribution in [0.25, 0.3) is 0 Å². The van der Waals surface area contributed by atoms with Crippen LogP contribution < -0.4 is 10.6 Å². The Morgan fingerprint density at radius 2 is 1.76 bits per heavy atom. The van der Waals surface area contributed by atoms with Crippen LogP contribution in [0.3, 0.4) is 0 Å². The minimum absolute atomic E-state index is 0.251. The van der Waals surface area contributed by atoms with Gasteiger partial charge in [-0.3, -0.25) is 4.79 Å². The summed E-state index contributed by atoms with van der Waals surface area (Å²) in [6, 6.07) is 19.3. The lowest BCUT2D eigenvalue weighted by Gasteiger charge is -2.09. The Morgan fingerprint density at radius 1 is 0.960 bits per heavy atom. The lowest BCUT2D eigenvalue weighted by molar-refractivity contribution is 0.102. The molecule has 5 heteroatoms. The second-order valence-corrected chi connectivity index (χ2v) is 5.88. The molecular weight excluding hydrogens is 312 g/mol. The molecule has 2 aromatic carbocycles. The minimum atomic E-state index is -0.251. The lowest BCUT2D eigenvalue weighted by Crippen LogP contribution is -2.16. The Hall–Kier alpha value is -3.21. The molecule has 0 saturated carbocycles. The molecule has 0 atom stereocenters. The maximum absolute atomic E-state index is 12.5. The molecular formula is C20H20N4O. The number of carbonyl (C=O) groups is 1. The zero-order valence-corrected chi connectivity index (χ0v) is 14.3. The first-order valence-electron chi connectivity index (χ1n) is 8.12. The van der Waals surface area contributed by atoms with Gasteiger partial charge in [0.25, 0.3) is 5.91 Å². The zero-order chi connectivity index (χ0) is 17.6. The SMILES string of the molecule is Cc1cccc(NC(=O)c2cc(C)nc(NCc3ccccc3)n2)c1. The van der Waals surface area contributed by atoms with Gasteiger partial charge in [0, 0.05) is 17.9 Å². The van der Waals surface area contributed by atoms with Gasteiger partial charge in [0.15, 0.2) is 0 Å². The molecule has 0 unspecified atom stereocenters. The van der Waals surface area contributed by atoms with Gasteiger partial charge in [0.1, 0.15) is 5.69 Å². The molecule has 0 aliphatic heterocycles. The van der Waals surface area contributed by atoms with Crippen molar-refractivity contribution in [2.45, 2.75) is 20.4 Å². The van der Waals surface area contributed by atoms with Crippen LogP contribution in [0.5, 0.6) is 0 Å². The highest BCUT2D eigenvalue weighted by atomic mass is 16.1. The number of anilines is 2. The Bertz CT molecular complexity index is 878. The van der Waals surface area contributed by atoms with Gasteiger partial charge in [-0.25, -0.2) is 9.97 Å². The van der Waals surface area contributed by atoms with Crippen LogP contribution in [0.4, 0.5) is 11.6 Å². The smallest absolute Gasteiger partial charge is 0.274 e. The van der Waals surface area contributed by atoms with Crippen molar-refractivity contribution in [1.29, 1.82) is 0 Å². The van der Waals surface area contributed by atoms with Gasteiger partial charge < -0.3 is 10.6 Å². The summed E-state index contributed by atoms with van der Waals surface area (Å²) in [5.74, 6) is 0.192. The second kappa shape index (κ2) is 7.57. The summed E-state index contributed by atoms with van der Waals surface area (Å²) in [6.45, 7) is 4.43. The first kappa shape index (κ1) is 16.6. The van der Waals surface area contributed by atoms with Gasteiger partial charge in [0.2, 0.25) is 5.95 Å². The second-order valence-electron chi connectivity index (χ2n) is 5.88. The van der Waals surface area contributed by atoms with Crippen molar-refractivity contribution in [3.8, 4) is 0 Å². The topological polar surface area (TPSA) is 66.9 Å². The molecule has 0 fully saturated rings. The molecule has 3 rings (SSSR count). The summed E-state index contributed by atoms with van der Waals surface area (Å²) in [6.07, 6.45) is 0. The van der Waals surface area contributed by atoms with Crippen LogP contribution in [-0.4, -0.2) is 15.9 Å². The Balaban J connectivity index is 1.73. The standard InChI is InChI=1S/C20H20N4O/c1-14-7-6-10-17(11-14)23-19(25)18-12-15(2)22-20(24-18)21-13-16-8-4-3-5-9-16/h3-12H,13H2,1-2H3,(H,23,25)(H,21,22,24). The van der Waals surface area contributed by atoms with E-state index in [9.17, 15) is 4.79 Å². The highest BCUT2D eigenvalue weighted by Gasteiger charge is 2.11. The van der Waals surface area contributed by atoms with Gasteiger partial charge in [0.05, 0.1) is 0 Å². The van der Waals surface area contributed by atoms with Crippen LogP contribution in [-0.2, 0) is 6.54 Å². The van der Waals surface area contributed by atoms with Crippen LogP contribution >= 0.6 is 0 Å². The van der Waals surface area contributed by atoms with Gasteiger partial charge in [-0.2, -0.15) is 0 Å². The molecule has 0 aliphatic carbocycles. The number of carbonyl (C=O) groups excluding carboxylic acids is 1. The number of nitrogens with one attached hydrogen (secondary N) is 2. The van der Waals surface area contributed by atoms with Gasteiger partial charge >= 0.3 is 0 Å². The van der Waals surface area contributed by atoms with E-state index in [1.54, 1.807) is 6.07 Å². The quantitative estimate of drug-likeness (QED) is 0.742. The fourth-order valence-corrected chi connectivity index (χ4v) is 2.46. The summed E-state index contributed by atoms with van der Waals surface area (Å²) in [7, 11) is 0. The van der Waals surface area contributed by atoms with Crippen molar-refractivity contribution in [2.24, 2.45) is 0 Å². The van der Waals surface area contributed by atoms with Gasteiger partial charge in [-0.15, -0.1) is 0 Å². The summed E-state index contributed by atoms with van der Waals surface area (Å²) in [5, 5.41) is 6.04. The van der Waals surface area contributed by atoms with Crippen molar-refractivity contribution < 1.29 is 4.79 Å². The number of aromatic nitrogens is 2. The van der Waals surface area contributed by atoms with Crippen molar-refractivity contribution in [3.05, 3.63) is 83.2 Å². The molecule has 0 saturated heterocycles. The van der Waals surface area contributed by atoms with Crippen molar-refractivity contribution in [3.63, 3.8) is 0 Å². The molecule has 1 aromatic heterocycles. The molecule has 2 N–H and O–H groups in total. The highest BCUT2D eigenvalue weighted by molar-refractivity contribution is 6.03. The molecule has 0 bridgehead atoms. The van der Waals surface area contributed by atoms with E-state index in [4.69, 9.17) is 0 Å². The molecule has 126 valence electrons. The van der Waals surface area contributed by atoms with Gasteiger partial charge in [-0.1, -0.05) is 42.5 Å². The molecule has 5 nitrogen and oxygen atoms in total. The monoisotopic (exact) mass is 332 g/mol. The number of hydrogen-bond donors (Lipinski definition) is 2. The molecule has 0 aliphatic rings. The first-order chi connectivity index (χ1) is 12.1. The van der Waals surface area contributed by atoms with Crippen molar-refractivity contribution in [1.82, 2.24) is 9.97 Å². The lowest BCUT2D eigenvalue weighted by atomic mass is 10.2. The van der Waals surface area contributed by atoms with Gasteiger partial charge in [-0.05, 0) is 43.2 Å². The van der Waals surface area contributed by atoms with Crippen molar-refractivity contribution >= 4 is 17.5 Å². The average Bonchev–Trinajstić information content (AvgIpc) is 2.60. The number of nitrogens with zero attached hydrogens (tertiary/aromatic N) is 2. The maximum atomic E-state index is 12.5. The Morgan fingerprint density at radius 3 is 2.52 bits per heavy atom.